The molecule has 7 heteroatoms. The lowest BCUT2D eigenvalue weighted by atomic mass is 11.2. The van der Waals surface area contributed by atoms with Crippen molar-refractivity contribution in [3.05, 3.63) is 9.67 Å². The maximum Gasteiger partial charge on any atom is 0.329 e. The van der Waals surface area contributed by atoms with Crippen molar-refractivity contribution < 1.29 is 8.95 Å². The van der Waals surface area contributed by atoms with Gasteiger partial charge >= 0.3 is 4.87 Å². The highest BCUT2D eigenvalue weighted by atomic mass is 32.2. The van der Waals surface area contributed by atoms with Gasteiger partial charge in [0.25, 0.3) is 5.19 Å². The number of hydrogen-bond acceptors (Lipinski definition) is 5. The summed E-state index contributed by atoms with van der Waals surface area (Å²) in [6.07, 6.45) is 1.51. The van der Waals surface area contributed by atoms with Gasteiger partial charge in [0.15, 0.2) is 0 Å². The monoisotopic (exact) mass is 208 g/mol. The van der Waals surface area contributed by atoms with Gasteiger partial charge in [0.05, 0.1) is 7.11 Å². The Morgan fingerprint density at radius 3 is 2.83 bits per heavy atom. The molecule has 0 aliphatic rings. The Morgan fingerprint density at radius 1 is 1.75 bits per heavy atom. The van der Waals surface area contributed by atoms with Crippen LogP contribution in [0, 0.1) is 0 Å². The zero-order chi connectivity index (χ0) is 9.14. The van der Waals surface area contributed by atoms with Gasteiger partial charge in [-0.2, -0.15) is 0 Å². The van der Waals surface area contributed by atoms with Gasteiger partial charge in [-0.1, -0.05) is 0 Å². The van der Waals surface area contributed by atoms with Gasteiger partial charge in [-0.15, -0.1) is 5.10 Å². The van der Waals surface area contributed by atoms with E-state index in [2.05, 4.69) is 5.10 Å². The molecule has 1 aromatic heterocycles. The lowest BCUT2D eigenvalue weighted by Gasteiger charge is -1.93. The van der Waals surface area contributed by atoms with Crippen LogP contribution in [0.3, 0.4) is 0 Å². The van der Waals surface area contributed by atoms with Crippen LogP contribution in [0.2, 0.25) is 0 Å². The molecule has 0 aliphatic heterocycles. The van der Waals surface area contributed by atoms with E-state index in [4.69, 9.17) is 4.74 Å². The molecule has 0 amide bonds. The van der Waals surface area contributed by atoms with Gasteiger partial charge in [0, 0.05) is 17.1 Å². The Bertz CT molecular complexity index is 343. The minimum atomic E-state index is -1.06. The smallest absolute Gasteiger partial charge is 0.329 e. The van der Waals surface area contributed by atoms with E-state index >= 15 is 0 Å². The highest BCUT2D eigenvalue weighted by Gasteiger charge is 2.06. The number of nitrogens with zero attached hydrogens (tertiary/aromatic N) is 2. The summed E-state index contributed by atoms with van der Waals surface area (Å²) in [7, 11) is 0.372. The predicted molar refractivity (Wildman–Crippen MR) is 47.0 cm³/mol. The maximum atomic E-state index is 11.0. The zero-order valence-electron chi connectivity index (χ0n) is 6.64. The third kappa shape index (κ3) is 2.15. The van der Waals surface area contributed by atoms with E-state index in [1.807, 2.05) is 0 Å². The van der Waals surface area contributed by atoms with E-state index in [1.54, 1.807) is 0 Å². The van der Waals surface area contributed by atoms with Crippen LogP contribution in [0.15, 0.2) is 4.79 Å². The van der Waals surface area contributed by atoms with Gasteiger partial charge in [0.2, 0.25) is 0 Å². The largest absolute Gasteiger partial charge is 0.472 e. The average molecular weight is 208 g/mol. The van der Waals surface area contributed by atoms with Crippen molar-refractivity contribution in [1.29, 1.82) is 0 Å². The molecule has 1 atom stereocenters. The second-order valence-corrected chi connectivity index (χ2v) is 4.35. The molecule has 0 saturated heterocycles. The summed E-state index contributed by atoms with van der Waals surface area (Å²) < 4.78 is 16.6. The van der Waals surface area contributed by atoms with E-state index in [0.717, 1.165) is 16.0 Å². The number of hydrogen-bond donors (Lipinski definition) is 0. The summed E-state index contributed by atoms with van der Waals surface area (Å²) in [5.41, 5.74) is 0. The van der Waals surface area contributed by atoms with E-state index < -0.39 is 10.8 Å². The Kier molecular flexibility index (Phi) is 2.99. The lowest BCUT2D eigenvalue weighted by Crippen LogP contribution is -2.17. The molecule has 0 saturated carbocycles. The molecule has 0 aromatic carbocycles. The summed E-state index contributed by atoms with van der Waals surface area (Å²) >= 11 is 0.896. The third-order valence-electron chi connectivity index (χ3n) is 1.07. The molecule has 1 heterocycles. The van der Waals surface area contributed by atoms with Crippen LogP contribution in [0.25, 0.3) is 0 Å². The van der Waals surface area contributed by atoms with E-state index in [1.165, 1.54) is 13.4 Å². The minimum absolute atomic E-state index is 0.124. The Balaban J connectivity index is 2.92. The Morgan fingerprint density at radius 2 is 2.42 bits per heavy atom. The molecule has 0 radical (unpaired) electrons. The van der Waals surface area contributed by atoms with Crippen LogP contribution in [0.5, 0.6) is 5.19 Å². The fourth-order valence-corrected chi connectivity index (χ4v) is 1.81. The van der Waals surface area contributed by atoms with Crippen LogP contribution >= 0.6 is 11.3 Å². The van der Waals surface area contributed by atoms with Gasteiger partial charge in [0.1, 0.15) is 5.88 Å². The average Bonchev–Trinajstić information content (AvgIpc) is 2.31. The SMILES string of the molecule is COc1nn(C[S@@](C)=O)c(=O)s1. The standard InChI is InChI=1S/C5H8N2O3S2/c1-10-4-6-7(3-12(2)9)5(8)11-4/h3H2,1-2H3/t12-/m1/s1. The number of rotatable bonds is 3. The summed E-state index contributed by atoms with van der Waals surface area (Å²) in [6.45, 7) is 0. The molecule has 0 aliphatic carbocycles. The fraction of sp³-hybridized carbons (Fsp3) is 0.600. The first-order valence-corrected chi connectivity index (χ1v) is 5.60. The first-order valence-electron chi connectivity index (χ1n) is 3.05. The maximum absolute atomic E-state index is 11.0. The van der Waals surface area contributed by atoms with Crippen molar-refractivity contribution in [3.63, 3.8) is 0 Å². The predicted octanol–water partition coefficient (Wildman–Crippen LogP) is -0.351. The third-order valence-corrected chi connectivity index (χ3v) is 2.48. The Labute approximate surface area is 75.4 Å². The second kappa shape index (κ2) is 3.81. The van der Waals surface area contributed by atoms with Gasteiger partial charge < -0.3 is 4.74 Å². The summed E-state index contributed by atoms with van der Waals surface area (Å²) in [4.78, 5) is 10.8. The van der Waals surface area contributed by atoms with Crippen molar-refractivity contribution in [2.24, 2.45) is 0 Å². The normalized spacial score (nSPS) is 12.8. The summed E-state index contributed by atoms with van der Waals surface area (Å²) in [5.74, 6) is 0.124. The molecule has 1 aromatic rings. The molecule has 1 rings (SSSR count). The van der Waals surface area contributed by atoms with E-state index in [0.29, 0.717) is 5.19 Å². The molecule has 5 nitrogen and oxygen atoms in total. The van der Waals surface area contributed by atoms with Crippen molar-refractivity contribution in [3.8, 4) is 5.19 Å². The van der Waals surface area contributed by atoms with Crippen LogP contribution in [0.4, 0.5) is 0 Å². The molecular formula is C5H8N2O3S2. The molecule has 0 N–H and O–H groups in total. The first-order chi connectivity index (χ1) is 5.63. The second-order valence-electron chi connectivity index (χ2n) is 2.04. The zero-order valence-corrected chi connectivity index (χ0v) is 8.28. The van der Waals surface area contributed by atoms with E-state index in [9.17, 15) is 9.00 Å². The quantitative estimate of drug-likeness (QED) is 0.681. The summed E-state index contributed by atoms with van der Waals surface area (Å²) in [6, 6.07) is 0. The van der Waals surface area contributed by atoms with Crippen LogP contribution in [-0.4, -0.2) is 27.4 Å². The highest BCUT2D eigenvalue weighted by Crippen LogP contribution is 2.07. The van der Waals surface area contributed by atoms with Gasteiger partial charge in [-0.05, 0) is 11.3 Å². The first kappa shape index (κ1) is 9.40. The van der Waals surface area contributed by atoms with Crippen molar-refractivity contribution in [1.82, 2.24) is 9.78 Å². The fourth-order valence-electron chi connectivity index (χ4n) is 0.623. The molecule has 0 spiro atoms. The highest BCUT2D eigenvalue weighted by molar-refractivity contribution is 7.83. The van der Waals surface area contributed by atoms with Gasteiger partial charge in [-0.3, -0.25) is 9.00 Å². The topological polar surface area (TPSA) is 61.2 Å². The molecular weight excluding hydrogens is 200 g/mol. The Hall–Kier alpha value is -0.690. The molecule has 0 bridgehead atoms. The van der Waals surface area contributed by atoms with Crippen molar-refractivity contribution in [2.45, 2.75) is 5.88 Å². The number of aromatic nitrogens is 2. The molecule has 0 fully saturated rings. The number of ether oxygens (including phenoxy) is 1. The lowest BCUT2D eigenvalue weighted by molar-refractivity contribution is 0.400. The van der Waals surface area contributed by atoms with Crippen molar-refractivity contribution in [2.75, 3.05) is 13.4 Å². The minimum Gasteiger partial charge on any atom is -0.472 e. The van der Waals surface area contributed by atoms with Gasteiger partial charge in [-0.25, -0.2) is 4.68 Å². The van der Waals surface area contributed by atoms with Crippen LogP contribution in [-0.2, 0) is 16.7 Å². The van der Waals surface area contributed by atoms with Crippen LogP contribution < -0.4 is 9.61 Å². The molecule has 0 unspecified atom stereocenters. The van der Waals surface area contributed by atoms with E-state index in [-0.39, 0.29) is 10.7 Å². The molecule has 68 valence electrons. The van der Waals surface area contributed by atoms with Crippen LogP contribution in [0.1, 0.15) is 0 Å². The summed E-state index contributed by atoms with van der Waals surface area (Å²) in [5, 5.41) is 4.07. The number of methoxy groups -OCH3 is 1. The molecule has 12 heavy (non-hydrogen) atoms. The van der Waals surface area contributed by atoms with Crippen molar-refractivity contribution >= 4 is 22.1 Å².